The first-order valence-electron chi connectivity index (χ1n) is 4.74. The van der Waals surface area contributed by atoms with Crippen molar-refractivity contribution < 1.29 is 14.7 Å². The molecule has 0 saturated heterocycles. The molecule has 0 aliphatic carbocycles. The second kappa shape index (κ2) is 3.38. The normalized spacial score (nSPS) is 20.6. The van der Waals surface area contributed by atoms with Crippen LogP contribution in [-0.2, 0) is 4.79 Å². The molecule has 2 unspecified atom stereocenters. The van der Waals surface area contributed by atoms with Gasteiger partial charge in [-0.2, -0.15) is 0 Å². The molecule has 15 heavy (non-hydrogen) atoms. The molecule has 1 aliphatic rings. The lowest BCUT2D eigenvalue weighted by atomic mass is 9.95. The highest BCUT2D eigenvalue weighted by Crippen LogP contribution is 2.30. The minimum atomic E-state index is -0.906. The predicted molar refractivity (Wildman–Crippen MR) is 53.4 cm³/mol. The Morgan fingerprint density at radius 2 is 2.13 bits per heavy atom. The Bertz CT molecular complexity index is 428. The lowest BCUT2D eigenvalue weighted by Crippen LogP contribution is -2.28. The number of rotatable bonds is 2. The van der Waals surface area contributed by atoms with Gasteiger partial charge in [0.1, 0.15) is 0 Å². The van der Waals surface area contributed by atoms with Crippen molar-refractivity contribution in [2.75, 3.05) is 0 Å². The molecule has 0 fully saturated rings. The van der Waals surface area contributed by atoms with Gasteiger partial charge in [0.2, 0.25) is 0 Å². The van der Waals surface area contributed by atoms with Gasteiger partial charge in [0.25, 0.3) is 5.91 Å². The van der Waals surface area contributed by atoms with Crippen molar-refractivity contribution in [3.8, 4) is 0 Å². The summed E-state index contributed by atoms with van der Waals surface area (Å²) in [6.07, 6.45) is 0. The minimum Gasteiger partial charge on any atom is -0.481 e. The number of amides is 1. The summed E-state index contributed by atoms with van der Waals surface area (Å²) in [5.74, 6) is -1.71. The summed E-state index contributed by atoms with van der Waals surface area (Å²) in [4.78, 5) is 22.4. The van der Waals surface area contributed by atoms with Crippen LogP contribution in [0.4, 0.5) is 0 Å². The Labute approximate surface area is 86.9 Å². The first-order chi connectivity index (χ1) is 7.11. The van der Waals surface area contributed by atoms with Gasteiger partial charge in [-0.05, 0) is 18.6 Å². The van der Waals surface area contributed by atoms with E-state index in [9.17, 15) is 9.59 Å². The lowest BCUT2D eigenvalue weighted by molar-refractivity contribution is -0.142. The third-order valence-corrected chi connectivity index (χ3v) is 2.72. The molecule has 0 saturated carbocycles. The van der Waals surface area contributed by atoms with Crippen LogP contribution in [0.3, 0.4) is 0 Å². The average Bonchev–Trinajstić information content (AvgIpc) is 2.56. The zero-order chi connectivity index (χ0) is 11.0. The topological polar surface area (TPSA) is 66.4 Å². The molecule has 0 aromatic heterocycles. The minimum absolute atomic E-state index is 0.191. The maximum absolute atomic E-state index is 11.5. The summed E-state index contributed by atoms with van der Waals surface area (Å²) in [6, 6.07) is 6.66. The summed E-state index contributed by atoms with van der Waals surface area (Å²) in [5.41, 5.74) is 1.35. The highest BCUT2D eigenvalue weighted by atomic mass is 16.4. The van der Waals surface area contributed by atoms with E-state index < -0.39 is 17.9 Å². The van der Waals surface area contributed by atoms with Crippen LogP contribution >= 0.6 is 0 Å². The summed E-state index contributed by atoms with van der Waals surface area (Å²) in [6.45, 7) is 1.59. The molecule has 1 aromatic carbocycles. The van der Waals surface area contributed by atoms with Crippen molar-refractivity contribution in [2.24, 2.45) is 5.92 Å². The third kappa shape index (κ3) is 1.48. The van der Waals surface area contributed by atoms with Gasteiger partial charge in [0, 0.05) is 5.56 Å². The van der Waals surface area contributed by atoms with E-state index in [4.69, 9.17) is 5.11 Å². The van der Waals surface area contributed by atoms with Gasteiger partial charge >= 0.3 is 5.97 Å². The van der Waals surface area contributed by atoms with Gasteiger partial charge < -0.3 is 10.4 Å². The molecule has 4 heteroatoms. The summed E-state index contributed by atoms with van der Waals surface area (Å²) in [5, 5.41) is 11.6. The van der Waals surface area contributed by atoms with E-state index in [1.54, 1.807) is 31.2 Å². The molecule has 2 rings (SSSR count). The Morgan fingerprint density at radius 3 is 2.80 bits per heavy atom. The number of hydrogen-bond donors (Lipinski definition) is 2. The fourth-order valence-corrected chi connectivity index (χ4v) is 1.81. The summed E-state index contributed by atoms with van der Waals surface area (Å²) < 4.78 is 0. The van der Waals surface area contributed by atoms with E-state index in [0.717, 1.165) is 5.56 Å². The molecule has 2 N–H and O–H groups in total. The number of carboxylic acids is 1. The van der Waals surface area contributed by atoms with Crippen LogP contribution in [0.25, 0.3) is 0 Å². The number of nitrogens with one attached hydrogen (secondary N) is 1. The standard InChI is InChI=1S/C11H11NO3/c1-6(11(14)15)9-7-4-2-3-5-8(7)10(13)12-9/h2-6,9H,1H3,(H,12,13)(H,14,15). The van der Waals surface area contributed by atoms with Crippen LogP contribution in [0.5, 0.6) is 0 Å². The first-order valence-corrected chi connectivity index (χ1v) is 4.74. The largest absolute Gasteiger partial charge is 0.481 e. The molecule has 0 radical (unpaired) electrons. The van der Waals surface area contributed by atoms with E-state index in [0.29, 0.717) is 5.56 Å². The van der Waals surface area contributed by atoms with Crippen molar-refractivity contribution in [3.05, 3.63) is 35.4 Å². The fraction of sp³-hybridized carbons (Fsp3) is 0.273. The summed E-state index contributed by atoms with van der Waals surface area (Å²) >= 11 is 0. The number of carbonyl (C=O) groups is 2. The number of aliphatic carboxylic acids is 1. The molecule has 0 spiro atoms. The lowest BCUT2D eigenvalue weighted by Gasteiger charge is -2.15. The SMILES string of the molecule is CC(C(=O)O)C1NC(=O)c2ccccc21. The van der Waals surface area contributed by atoms with E-state index >= 15 is 0 Å². The van der Waals surface area contributed by atoms with Gasteiger partial charge in [-0.15, -0.1) is 0 Å². The van der Waals surface area contributed by atoms with Gasteiger partial charge in [-0.25, -0.2) is 0 Å². The van der Waals surface area contributed by atoms with E-state index in [1.807, 2.05) is 0 Å². The Morgan fingerprint density at radius 1 is 1.47 bits per heavy atom. The van der Waals surface area contributed by atoms with Crippen LogP contribution in [0, 0.1) is 5.92 Å². The third-order valence-electron chi connectivity index (χ3n) is 2.72. The maximum Gasteiger partial charge on any atom is 0.308 e. The monoisotopic (exact) mass is 205 g/mol. The Hall–Kier alpha value is -1.84. The molecule has 1 heterocycles. The number of hydrogen-bond acceptors (Lipinski definition) is 2. The van der Waals surface area contributed by atoms with Crippen molar-refractivity contribution >= 4 is 11.9 Å². The predicted octanol–water partition coefficient (Wildman–Crippen LogP) is 1.19. The smallest absolute Gasteiger partial charge is 0.308 e. The second-order valence-electron chi connectivity index (χ2n) is 3.67. The van der Waals surface area contributed by atoms with Crippen LogP contribution < -0.4 is 5.32 Å². The number of carboxylic acid groups (broad SMARTS) is 1. The highest BCUT2D eigenvalue weighted by Gasteiger charge is 2.34. The molecular weight excluding hydrogens is 194 g/mol. The van der Waals surface area contributed by atoms with Gasteiger partial charge in [-0.1, -0.05) is 18.2 Å². The Kier molecular flexibility index (Phi) is 2.19. The zero-order valence-corrected chi connectivity index (χ0v) is 8.23. The molecule has 4 nitrogen and oxygen atoms in total. The van der Waals surface area contributed by atoms with Crippen LogP contribution in [0.15, 0.2) is 24.3 Å². The molecule has 1 aliphatic heterocycles. The molecule has 1 aromatic rings. The fourth-order valence-electron chi connectivity index (χ4n) is 1.81. The van der Waals surface area contributed by atoms with Gasteiger partial charge in [0.05, 0.1) is 12.0 Å². The van der Waals surface area contributed by atoms with Gasteiger partial charge in [0.15, 0.2) is 0 Å². The molecule has 2 atom stereocenters. The average molecular weight is 205 g/mol. The molecular formula is C11H11NO3. The van der Waals surface area contributed by atoms with E-state index in [2.05, 4.69) is 5.32 Å². The molecule has 78 valence electrons. The van der Waals surface area contributed by atoms with Crippen molar-refractivity contribution in [2.45, 2.75) is 13.0 Å². The number of benzene rings is 1. The molecule has 1 amide bonds. The maximum atomic E-state index is 11.5. The Balaban J connectivity index is 2.40. The van der Waals surface area contributed by atoms with Crippen molar-refractivity contribution in [1.29, 1.82) is 0 Å². The first kappa shape index (κ1) is 9.71. The number of fused-ring (bicyclic) bond motifs is 1. The van der Waals surface area contributed by atoms with E-state index in [-0.39, 0.29) is 5.91 Å². The number of carbonyl (C=O) groups excluding carboxylic acids is 1. The van der Waals surface area contributed by atoms with E-state index in [1.165, 1.54) is 0 Å². The van der Waals surface area contributed by atoms with Crippen molar-refractivity contribution in [1.82, 2.24) is 5.32 Å². The van der Waals surface area contributed by atoms with Gasteiger partial charge in [-0.3, -0.25) is 9.59 Å². The van der Waals surface area contributed by atoms with Crippen LogP contribution in [0.2, 0.25) is 0 Å². The second-order valence-corrected chi connectivity index (χ2v) is 3.67. The highest BCUT2D eigenvalue weighted by molar-refractivity contribution is 5.99. The summed E-state index contributed by atoms with van der Waals surface area (Å²) in [7, 11) is 0. The van der Waals surface area contributed by atoms with Crippen molar-refractivity contribution in [3.63, 3.8) is 0 Å². The quantitative estimate of drug-likeness (QED) is 0.762. The van der Waals surface area contributed by atoms with Crippen LogP contribution in [0.1, 0.15) is 28.9 Å². The zero-order valence-electron chi connectivity index (χ0n) is 8.23. The molecule has 0 bridgehead atoms. The van der Waals surface area contributed by atoms with Crippen LogP contribution in [-0.4, -0.2) is 17.0 Å².